The molecule has 0 atom stereocenters. The van der Waals surface area contributed by atoms with Crippen LogP contribution in [0.25, 0.3) is 0 Å². The van der Waals surface area contributed by atoms with Gasteiger partial charge in [0.1, 0.15) is 5.75 Å². The lowest BCUT2D eigenvalue weighted by Crippen LogP contribution is -2.34. The molecular formula is C27H54ClN11O4. The fourth-order valence-corrected chi connectivity index (χ4v) is 4.78. The summed E-state index contributed by atoms with van der Waals surface area (Å²) in [5.41, 5.74) is 0.790. The Morgan fingerprint density at radius 2 is 1.40 bits per heavy atom. The average molecular weight is 632 g/mol. The highest BCUT2D eigenvalue weighted by molar-refractivity contribution is 6.07. The van der Waals surface area contributed by atoms with Gasteiger partial charge in [0.05, 0.1) is 18.4 Å². The first kappa shape index (κ1) is 38.9. The van der Waals surface area contributed by atoms with E-state index in [0.717, 1.165) is 51.9 Å². The number of para-hydroxylation sites is 1. The molecule has 43 heavy (non-hydrogen) atoms. The second kappa shape index (κ2) is 17.7. The van der Waals surface area contributed by atoms with Crippen molar-refractivity contribution in [3.05, 3.63) is 42.0 Å². The summed E-state index contributed by atoms with van der Waals surface area (Å²) in [5, 5.41) is 26.7. The SMILES string of the molecule is COc1cccc(C(=O)Nc2ccc(Nc3nc(N4CCCCC4)nc(N4CCCCC4)n3)cc2O)c1O.Cl.N.N.N.N.[HH].[HH].[HH].[HH]. The van der Waals surface area contributed by atoms with Crippen molar-refractivity contribution in [1.82, 2.24) is 39.6 Å². The minimum Gasteiger partial charge on any atom is -0.506 e. The van der Waals surface area contributed by atoms with E-state index in [1.54, 1.807) is 24.3 Å². The molecule has 2 saturated heterocycles. The molecule has 0 aliphatic carbocycles. The number of amides is 1. The summed E-state index contributed by atoms with van der Waals surface area (Å²) in [6, 6.07) is 9.41. The van der Waals surface area contributed by atoms with E-state index in [1.807, 2.05) is 0 Å². The number of nitrogens with zero attached hydrogens (tertiary/aromatic N) is 5. The van der Waals surface area contributed by atoms with Crippen LogP contribution in [0, 0.1) is 0 Å². The molecule has 0 spiro atoms. The van der Waals surface area contributed by atoms with E-state index in [0.29, 0.717) is 23.5 Å². The molecule has 0 radical (unpaired) electrons. The molecule has 16 N–H and O–H groups in total. The lowest BCUT2D eigenvalue weighted by atomic mass is 10.1. The Kier molecular flexibility index (Phi) is 16.0. The second-order valence-corrected chi connectivity index (χ2v) is 9.52. The van der Waals surface area contributed by atoms with Crippen LogP contribution in [0.3, 0.4) is 0 Å². The van der Waals surface area contributed by atoms with Crippen LogP contribution in [0.15, 0.2) is 36.4 Å². The molecule has 2 fully saturated rings. The van der Waals surface area contributed by atoms with Gasteiger partial charge in [0.15, 0.2) is 11.5 Å². The van der Waals surface area contributed by atoms with E-state index in [2.05, 4.69) is 30.4 Å². The van der Waals surface area contributed by atoms with Gasteiger partial charge in [-0.3, -0.25) is 4.79 Å². The fraction of sp³-hybridized carbons (Fsp3) is 0.407. The Hall–Kier alpha value is -4.15. The minimum atomic E-state index is -0.577. The number of piperidine rings is 2. The number of hydrogen-bond acceptors (Lipinski definition) is 14. The summed E-state index contributed by atoms with van der Waals surface area (Å²) in [7, 11) is 1.41. The van der Waals surface area contributed by atoms with Gasteiger partial charge in [-0.15, -0.1) is 12.4 Å². The van der Waals surface area contributed by atoms with Crippen molar-refractivity contribution < 1.29 is 25.5 Å². The first-order chi connectivity index (χ1) is 18.5. The smallest absolute Gasteiger partial charge is 0.259 e. The van der Waals surface area contributed by atoms with Gasteiger partial charge in [-0.05, 0) is 62.8 Å². The zero-order valence-corrected chi connectivity index (χ0v) is 25.5. The second-order valence-electron chi connectivity index (χ2n) is 9.52. The van der Waals surface area contributed by atoms with Crippen LogP contribution < -0.4 is 49.8 Å². The summed E-state index contributed by atoms with van der Waals surface area (Å²) in [4.78, 5) is 31.3. The Morgan fingerprint density at radius 3 is 1.91 bits per heavy atom. The number of aromatic hydroxyl groups is 2. The van der Waals surface area contributed by atoms with Gasteiger partial charge in [-0.25, -0.2) is 0 Å². The van der Waals surface area contributed by atoms with E-state index in [9.17, 15) is 15.0 Å². The zero-order chi connectivity index (χ0) is 26.5. The van der Waals surface area contributed by atoms with Crippen molar-refractivity contribution in [2.45, 2.75) is 38.5 Å². The van der Waals surface area contributed by atoms with Crippen LogP contribution in [0.2, 0.25) is 0 Å². The summed E-state index contributed by atoms with van der Waals surface area (Å²) in [6.07, 6.45) is 6.88. The first-order valence-corrected chi connectivity index (χ1v) is 13.0. The number of aromatic nitrogens is 3. The third kappa shape index (κ3) is 9.17. The number of phenols is 2. The highest BCUT2D eigenvalue weighted by atomic mass is 35.5. The van der Waals surface area contributed by atoms with Gasteiger partial charge in [0, 0.05) is 43.6 Å². The molecule has 3 heterocycles. The van der Waals surface area contributed by atoms with E-state index in [-0.39, 0.29) is 71.2 Å². The van der Waals surface area contributed by atoms with Crippen molar-refractivity contribution in [3.63, 3.8) is 0 Å². The highest BCUT2D eigenvalue weighted by Gasteiger charge is 2.21. The van der Waals surface area contributed by atoms with E-state index >= 15 is 0 Å². The maximum Gasteiger partial charge on any atom is 0.259 e. The van der Waals surface area contributed by atoms with Gasteiger partial charge in [-0.2, -0.15) is 15.0 Å². The van der Waals surface area contributed by atoms with E-state index in [4.69, 9.17) is 9.72 Å². The molecule has 1 amide bonds. The number of carbonyl (C=O) groups excluding carboxylic acids is 1. The van der Waals surface area contributed by atoms with Gasteiger partial charge in [0.2, 0.25) is 17.8 Å². The van der Waals surface area contributed by atoms with Crippen LogP contribution in [0.1, 0.15) is 54.6 Å². The molecule has 3 aromatic rings. The average Bonchev–Trinajstić information content (AvgIpc) is 2.95. The number of methoxy groups -OCH3 is 1. The predicted molar refractivity (Wildman–Crippen MR) is 182 cm³/mol. The van der Waals surface area contributed by atoms with Crippen molar-refractivity contribution in [1.29, 1.82) is 0 Å². The molecule has 2 aromatic carbocycles. The Morgan fingerprint density at radius 1 is 0.837 bits per heavy atom. The lowest BCUT2D eigenvalue weighted by molar-refractivity contribution is 0.102. The highest BCUT2D eigenvalue weighted by Crippen LogP contribution is 2.33. The fourth-order valence-electron chi connectivity index (χ4n) is 4.78. The number of rotatable bonds is 7. The first-order valence-electron chi connectivity index (χ1n) is 13.0. The summed E-state index contributed by atoms with van der Waals surface area (Å²) >= 11 is 0. The molecule has 0 bridgehead atoms. The number of halogens is 1. The van der Waals surface area contributed by atoms with E-state index in [1.165, 1.54) is 32.1 Å². The monoisotopic (exact) mass is 631 g/mol. The summed E-state index contributed by atoms with van der Waals surface area (Å²) in [6.45, 7) is 3.67. The summed E-state index contributed by atoms with van der Waals surface area (Å²) < 4.78 is 5.07. The molecule has 1 aromatic heterocycles. The zero-order valence-electron chi connectivity index (χ0n) is 24.7. The van der Waals surface area contributed by atoms with Crippen LogP contribution in [-0.2, 0) is 0 Å². The Balaban J connectivity index is -0.000000653. The minimum absolute atomic E-state index is 0. The van der Waals surface area contributed by atoms with Crippen molar-refractivity contribution in [2.24, 2.45) is 0 Å². The largest absolute Gasteiger partial charge is 0.506 e. The molecular weight excluding hydrogens is 578 g/mol. The number of ether oxygens (including phenoxy) is 1. The molecule has 0 unspecified atom stereocenters. The molecule has 5 rings (SSSR count). The quantitative estimate of drug-likeness (QED) is 0.132. The van der Waals surface area contributed by atoms with Crippen molar-refractivity contribution in [2.75, 3.05) is 53.7 Å². The van der Waals surface area contributed by atoms with Gasteiger partial charge < -0.3 is 60.0 Å². The van der Waals surface area contributed by atoms with Gasteiger partial charge >= 0.3 is 0 Å². The normalized spacial score (nSPS) is 13.9. The molecule has 0 saturated carbocycles. The molecule has 2 aliphatic heterocycles. The maximum atomic E-state index is 12.7. The lowest BCUT2D eigenvalue weighted by Gasteiger charge is -2.30. The molecule has 16 heteroatoms. The molecule has 248 valence electrons. The van der Waals surface area contributed by atoms with Gasteiger partial charge in [-0.1, -0.05) is 6.07 Å². The predicted octanol–water partition coefficient (Wildman–Crippen LogP) is 6.32. The van der Waals surface area contributed by atoms with Crippen LogP contribution in [0.5, 0.6) is 17.2 Å². The number of nitrogens with one attached hydrogen (secondary N) is 2. The van der Waals surface area contributed by atoms with Crippen molar-refractivity contribution in [3.8, 4) is 17.2 Å². The third-order valence-electron chi connectivity index (χ3n) is 6.86. The standard InChI is InChI=1S/C27H33N7O4.ClH.4H3N.4H2/c1-38-22-10-8-9-19(23(22)36)24(37)29-20-12-11-18(17-21(20)35)28-25-30-26(33-13-4-2-5-14-33)32-27(31-25)34-15-6-3-7-16-34;;;;;;;;;/h8-12,17,35-36H,2-7,13-16H2,1H3,(H,29,37)(H,28,30,31,32);1H;4*1H3;4*1H. The number of benzene rings is 2. The Bertz CT molecular complexity index is 1290. The van der Waals surface area contributed by atoms with E-state index < -0.39 is 5.91 Å². The molecule has 2 aliphatic rings. The maximum absolute atomic E-state index is 12.7. The Labute approximate surface area is 264 Å². The molecule has 15 nitrogen and oxygen atoms in total. The number of carbonyl (C=O) groups is 1. The third-order valence-corrected chi connectivity index (χ3v) is 6.86. The summed E-state index contributed by atoms with van der Waals surface area (Å²) in [5.74, 6) is 0.918. The topological polar surface area (TPSA) is 276 Å². The van der Waals surface area contributed by atoms with Crippen molar-refractivity contribution >= 4 is 47.5 Å². The van der Waals surface area contributed by atoms with Gasteiger partial charge in [0.25, 0.3) is 5.91 Å². The number of phenolic OH excluding ortho intramolecular Hbond substituents is 2. The van der Waals surface area contributed by atoms with Crippen LogP contribution >= 0.6 is 12.4 Å². The van der Waals surface area contributed by atoms with Crippen LogP contribution in [-0.4, -0.2) is 64.4 Å². The number of anilines is 5. The van der Waals surface area contributed by atoms with Crippen LogP contribution in [0.4, 0.5) is 29.2 Å². The number of hydrogen-bond donors (Lipinski definition) is 8.